The van der Waals surface area contributed by atoms with Crippen LogP contribution in [0, 0.1) is 0 Å². The normalized spacial score (nSPS) is 19.1. The minimum atomic E-state index is -3.55. The number of hydrogen-bond acceptors (Lipinski definition) is 4. The van der Waals surface area contributed by atoms with Gasteiger partial charge < -0.3 is 9.64 Å². The highest BCUT2D eigenvalue weighted by Crippen LogP contribution is 2.14. The quantitative estimate of drug-likeness (QED) is 0.846. The molecule has 0 saturated carbocycles. The number of nitrogens with one attached hydrogen (secondary N) is 1. The van der Waals surface area contributed by atoms with Gasteiger partial charge >= 0.3 is 0 Å². The van der Waals surface area contributed by atoms with E-state index >= 15 is 0 Å². The predicted molar refractivity (Wildman–Crippen MR) is 82.9 cm³/mol. The van der Waals surface area contributed by atoms with E-state index < -0.39 is 10.0 Å². The first-order valence-corrected chi connectivity index (χ1v) is 8.94. The van der Waals surface area contributed by atoms with E-state index in [-0.39, 0.29) is 23.5 Å². The molecule has 0 aromatic heterocycles. The molecule has 1 aromatic carbocycles. The van der Waals surface area contributed by atoms with Crippen LogP contribution in [0.4, 0.5) is 0 Å². The average Bonchev–Trinajstić information content (AvgIpc) is 2.53. The lowest BCUT2D eigenvalue weighted by Crippen LogP contribution is -2.50. The van der Waals surface area contributed by atoms with Gasteiger partial charge in [-0.2, -0.15) is 0 Å². The Hall–Kier alpha value is -1.44. The zero-order chi connectivity index (χ0) is 16.0. The third kappa shape index (κ3) is 4.53. The van der Waals surface area contributed by atoms with Crippen molar-refractivity contribution in [3.8, 4) is 0 Å². The van der Waals surface area contributed by atoms with Crippen molar-refractivity contribution in [1.82, 2.24) is 9.62 Å². The van der Waals surface area contributed by atoms with Gasteiger partial charge in [0.05, 0.1) is 4.90 Å². The number of hydrogen-bond donors (Lipinski definition) is 1. The molecule has 1 atom stereocenters. The lowest BCUT2D eigenvalue weighted by atomic mass is 10.1. The molecule has 1 fully saturated rings. The molecule has 1 aromatic rings. The molecule has 22 heavy (non-hydrogen) atoms. The minimum Gasteiger partial charge on any atom is -0.372 e. The molecule has 1 aliphatic rings. The lowest BCUT2D eigenvalue weighted by Gasteiger charge is -2.33. The Balaban J connectivity index is 1.97. The summed E-state index contributed by atoms with van der Waals surface area (Å²) in [5.74, 6) is -0.0922. The molecule has 6 nitrogen and oxygen atoms in total. The van der Waals surface area contributed by atoms with Gasteiger partial charge in [-0.15, -0.1) is 0 Å². The maximum atomic E-state index is 12.3. The third-order valence-electron chi connectivity index (χ3n) is 3.58. The van der Waals surface area contributed by atoms with Crippen molar-refractivity contribution in [3.63, 3.8) is 0 Å². The van der Waals surface area contributed by atoms with Crippen LogP contribution in [-0.2, 0) is 19.6 Å². The van der Waals surface area contributed by atoms with E-state index in [0.29, 0.717) is 19.7 Å². The number of piperidine rings is 1. The van der Waals surface area contributed by atoms with Crippen molar-refractivity contribution in [2.45, 2.75) is 30.7 Å². The van der Waals surface area contributed by atoms with Crippen LogP contribution in [0.1, 0.15) is 19.8 Å². The standard InChI is InChI=1S/C15H22N2O4S/c1-2-21-12-15(18)17-10-6-7-13(11-17)16-22(19,20)14-8-4-3-5-9-14/h3-5,8-9,13,16H,2,6-7,10-12H2,1H3. The fraction of sp³-hybridized carbons (Fsp3) is 0.533. The van der Waals surface area contributed by atoms with Gasteiger partial charge in [-0.05, 0) is 31.9 Å². The van der Waals surface area contributed by atoms with Crippen LogP contribution >= 0.6 is 0 Å². The highest BCUT2D eigenvalue weighted by Gasteiger charge is 2.27. The summed E-state index contributed by atoms with van der Waals surface area (Å²) in [6.07, 6.45) is 1.50. The Labute approximate surface area is 131 Å². The Bertz CT molecular complexity index is 589. The molecule has 0 radical (unpaired) electrons. The molecule has 0 aliphatic carbocycles. The monoisotopic (exact) mass is 326 g/mol. The molecule has 0 bridgehead atoms. The number of amides is 1. The third-order valence-corrected chi connectivity index (χ3v) is 5.12. The van der Waals surface area contributed by atoms with E-state index in [2.05, 4.69) is 4.72 Å². The van der Waals surface area contributed by atoms with E-state index in [1.54, 1.807) is 35.2 Å². The van der Waals surface area contributed by atoms with E-state index in [0.717, 1.165) is 12.8 Å². The number of carbonyl (C=O) groups is 1. The SMILES string of the molecule is CCOCC(=O)N1CCCC(NS(=O)(=O)c2ccccc2)C1. The van der Waals surface area contributed by atoms with Crippen LogP contribution in [0.3, 0.4) is 0 Å². The van der Waals surface area contributed by atoms with E-state index in [4.69, 9.17) is 4.74 Å². The molecule has 1 amide bonds. The highest BCUT2D eigenvalue weighted by molar-refractivity contribution is 7.89. The smallest absolute Gasteiger partial charge is 0.248 e. The topological polar surface area (TPSA) is 75.7 Å². The molecular formula is C15H22N2O4S. The first-order valence-electron chi connectivity index (χ1n) is 7.46. The molecule has 1 saturated heterocycles. The maximum absolute atomic E-state index is 12.3. The highest BCUT2D eigenvalue weighted by atomic mass is 32.2. The van der Waals surface area contributed by atoms with Crippen LogP contribution in [0.2, 0.25) is 0 Å². The van der Waals surface area contributed by atoms with Gasteiger partial charge in [0.25, 0.3) is 0 Å². The van der Waals surface area contributed by atoms with Gasteiger partial charge in [0.15, 0.2) is 0 Å². The largest absolute Gasteiger partial charge is 0.372 e. The van der Waals surface area contributed by atoms with Crippen LogP contribution in [-0.4, -0.2) is 51.6 Å². The Morgan fingerprint density at radius 1 is 1.36 bits per heavy atom. The summed E-state index contributed by atoms with van der Waals surface area (Å²) in [5.41, 5.74) is 0. The van der Waals surface area contributed by atoms with Crippen LogP contribution < -0.4 is 4.72 Å². The first-order chi connectivity index (χ1) is 10.5. The zero-order valence-corrected chi connectivity index (χ0v) is 13.5. The summed E-state index contributed by atoms with van der Waals surface area (Å²) in [6.45, 7) is 3.41. The summed E-state index contributed by atoms with van der Waals surface area (Å²) in [5, 5.41) is 0. The Morgan fingerprint density at radius 2 is 2.09 bits per heavy atom. The maximum Gasteiger partial charge on any atom is 0.248 e. The van der Waals surface area contributed by atoms with E-state index in [1.165, 1.54) is 0 Å². The number of sulfonamides is 1. The molecule has 2 rings (SSSR count). The number of ether oxygens (including phenoxy) is 1. The molecule has 1 heterocycles. The number of likely N-dealkylation sites (tertiary alicyclic amines) is 1. The summed E-state index contributed by atoms with van der Waals surface area (Å²) < 4.78 is 32.4. The van der Waals surface area contributed by atoms with Crippen LogP contribution in [0.15, 0.2) is 35.2 Å². The molecule has 1 aliphatic heterocycles. The summed E-state index contributed by atoms with van der Waals surface area (Å²) in [4.78, 5) is 13.9. The molecule has 1 unspecified atom stereocenters. The summed E-state index contributed by atoms with van der Waals surface area (Å²) in [6, 6.07) is 8.00. The van der Waals surface area contributed by atoms with E-state index in [1.807, 2.05) is 6.92 Å². The van der Waals surface area contributed by atoms with Crippen molar-refractivity contribution in [2.75, 3.05) is 26.3 Å². The van der Waals surface area contributed by atoms with Gasteiger partial charge in [0.1, 0.15) is 6.61 Å². The lowest BCUT2D eigenvalue weighted by molar-refractivity contribution is -0.137. The van der Waals surface area contributed by atoms with E-state index in [9.17, 15) is 13.2 Å². The van der Waals surface area contributed by atoms with Crippen molar-refractivity contribution < 1.29 is 17.9 Å². The van der Waals surface area contributed by atoms with Crippen molar-refractivity contribution in [3.05, 3.63) is 30.3 Å². The average molecular weight is 326 g/mol. The van der Waals surface area contributed by atoms with Crippen molar-refractivity contribution >= 4 is 15.9 Å². The fourth-order valence-electron chi connectivity index (χ4n) is 2.47. The minimum absolute atomic E-state index is 0.0503. The number of carbonyl (C=O) groups excluding carboxylic acids is 1. The second kappa shape index (κ2) is 7.71. The molecule has 1 N–H and O–H groups in total. The predicted octanol–water partition coefficient (Wildman–Crippen LogP) is 0.992. The Kier molecular flexibility index (Phi) is 5.93. The van der Waals surface area contributed by atoms with Crippen LogP contribution in [0.25, 0.3) is 0 Å². The summed E-state index contributed by atoms with van der Waals surface area (Å²) >= 11 is 0. The fourth-order valence-corrected chi connectivity index (χ4v) is 3.75. The van der Waals surface area contributed by atoms with Crippen molar-refractivity contribution in [2.24, 2.45) is 0 Å². The van der Waals surface area contributed by atoms with Gasteiger partial charge in [-0.25, -0.2) is 13.1 Å². The molecule has 122 valence electrons. The second-order valence-electron chi connectivity index (χ2n) is 5.25. The Morgan fingerprint density at radius 3 is 2.77 bits per heavy atom. The summed E-state index contributed by atoms with van der Waals surface area (Å²) in [7, 11) is -3.55. The second-order valence-corrected chi connectivity index (χ2v) is 6.96. The number of nitrogens with zero attached hydrogens (tertiary/aromatic N) is 1. The van der Waals surface area contributed by atoms with Crippen LogP contribution in [0.5, 0.6) is 0 Å². The van der Waals surface area contributed by atoms with Crippen molar-refractivity contribution in [1.29, 1.82) is 0 Å². The van der Waals surface area contributed by atoms with Gasteiger partial charge in [-0.3, -0.25) is 4.79 Å². The first kappa shape index (κ1) is 16.9. The zero-order valence-electron chi connectivity index (χ0n) is 12.7. The molecule has 7 heteroatoms. The van der Waals surface area contributed by atoms with Gasteiger partial charge in [0, 0.05) is 25.7 Å². The molecule has 0 spiro atoms. The van der Waals surface area contributed by atoms with Gasteiger partial charge in [0.2, 0.25) is 15.9 Å². The number of benzene rings is 1. The molecular weight excluding hydrogens is 304 g/mol. The number of rotatable bonds is 6. The van der Waals surface area contributed by atoms with Gasteiger partial charge in [-0.1, -0.05) is 18.2 Å².